The number of fused-ring (bicyclic) bond motifs is 1. The predicted octanol–water partition coefficient (Wildman–Crippen LogP) is 2.28. The molecule has 1 fully saturated rings. The van der Waals surface area contributed by atoms with E-state index in [4.69, 9.17) is 4.74 Å². The second-order valence-electron chi connectivity index (χ2n) is 7.68. The van der Waals surface area contributed by atoms with Crippen LogP contribution in [0.5, 0.6) is 0 Å². The van der Waals surface area contributed by atoms with E-state index in [1.54, 1.807) is 0 Å². The van der Waals surface area contributed by atoms with Crippen LogP contribution in [-0.2, 0) is 14.9 Å². The van der Waals surface area contributed by atoms with E-state index in [-0.39, 0.29) is 43.3 Å². The van der Waals surface area contributed by atoms with Crippen LogP contribution in [0.1, 0.15) is 29.8 Å². The van der Waals surface area contributed by atoms with E-state index >= 15 is 4.39 Å². The van der Waals surface area contributed by atoms with Crippen molar-refractivity contribution in [2.75, 3.05) is 36.3 Å². The molecule has 0 bridgehead atoms. The Kier molecular flexibility index (Phi) is 6.28. The van der Waals surface area contributed by atoms with Gasteiger partial charge in [-0.25, -0.2) is 18.7 Å². The molecule has 0 atom stereocenters. The number of nitrogens with one attached hydrogen (secondary N) is 3. The predicted molar refractivity (Wildman–Crippen MR) is 117 cm³/mol. The van der Waals surface area contributed by atoms with Gasteiger partial charge in [-0.05, 0) is 26.0 Å². The van der Waals surface area contributed by atoms with E-state index in [1.807, 2.05) is 13.8 Å². The lowest BCUT2D eigenvalue weighted by Gasteiger charge is -2.26. The monoisotopic (exact) mass is 480 g/mol. The molecule has 3 aromatic rings. The highest BCUT2D eigenvalue weighted by atomic mass is 32.2. The van der Waals surface area contributed by atoms with Crippen molar-refractivity contribution in [2.45, 2.75) is 19.9 Å². The Morgan fingerprint density at radius 3 is 2.64 bits per heavy atom. The fourth-order valence-corrected chi connectivity index (χ4v) is 4.68. The average molecular weight is 480 g/mol. The van der Waals surface area contributed by atoms with Crippen molar-refractivity contribution in [3.63, 3.8) is 0 Å². The number of aromatic amines is 1. The lowest BCUT2D eigenvalue weighted by Crippen LogP contribution is -2.43. The number of nitrogens with zero attached hydrogens (tertiary/aromatic N) is 3. The molecule has 3 N–H and O–H groups in total. The Labute approximate surface area is 188 Å². The van der Waals surface area contributed by atoms with E-state index in [1.165, 1.54) is 12.5 Å². The summed E-state index contributed by atoms with van der Waals surface area (Å²) >= 11 is 0. The first-order valence-electron chi connectivity index (χ1n) is 10.2. The van der Waals surface area contributed by atoms with Gasteiger partial charge in [0, 0.05) is 25.3 Å². The average Bonchev–Trinajstić information content (AvgIpc) is 3.21. The maximum absolute atomic E-state index is 15.3. The SMILES string of the molecule is CC(C)Nc1ncnc2[nH]cc(C(=O)c3c(F)ccc(NS(=O)(=O)N4CCOCC4)c3F)c12. The van der Waals surface area contributed by atoms with Crippen molar-refractivity contribution in [3.8, 4) is 0 Å². The Morgan fingerprint density at radius 2 is 1.94 bits per heavy atom. The molecule has 0 aliphatic carbocycles. The van der Waals surface area contributed by atoms with Crippen molar-refractivity contribution >= 4 is 38.5 Å². The van der Waals surface area contributed by atoms with Gasteiger partial charge in [-0.15, -0.1) is 0 Å². The summed E-state index contributed by atoms with van der Waals surface area (Å²) in [6.07, 6.45) is 2.58. The number of hydrogen-bond donors (Lipinski definition) is 3. The van der Waals surface area contributed by atoms with Crippen LogP contribution in [-0.4, -0.2) is 65.8 Å². The highest BCUT2D eigenvalue weighted by Crippen LogP contribution is 2.30. The molecular weight excluding hydrogens is 458 g/mol. The van der Waals surface area contributed by atoms with Gasteiger partial charge in [-0.2, -0.15) is 12.7 Å². The van der Waals surface area contributed by atoms with Crippen LogP contribution in [0.4, 0.5) is 20.3 Å². The zero-order valence-corrected chi connectivity index (χ0v) is 18.7. The smallest absolute Gasteiger partial charge is 0.301 e. The number of benzene rings is 1. The van der Waals surface area contributed by atoms with Gasteiger partial charge in [0.25, 0.3) is 0 Å². The molecule has 10 nitrogen and oxygen atoms in total. The maximum atomic E-state index is 15.3. The van der Waals surface area contributed by atoms with Crippen LogP contribution >= 0.6 is 0 Å². The summed E-state index contributed by atoms with van der Waals surface area (Å²) in [5.74, 6) is -3.10. The van der Waals surface area contributed by atoms with E-state index in [9.17, 15) is 17.6 Å². The van der Waals surface area contributed by atoms with E-state index in [0.29, 0.717) is 11.5 Å². The normalized spacial score (nSPS) is 15.2. The fourth-order valence-electron chi connectivity index (χ4n) is 3.49. The molecule has 0 amide bonds. The second-order valence-corrected chi connectivity index (χ2v) is 9.35. The molecule has 176 valence electrons. The molecule has 13 heteroatoms. The highest BCUT2D eigenvalue weighted by Gasteiger charge is 2.29. The van der Waals surface area contributed by atoms with Crippen LogP contribution in [0.25, 0.3) is 11.0 Å². The lowest BCUT2D eigenvalue weighted by atomic mass is 10.0. The van der Waals surface area contributed by atoms with Gasteiger partial charge in [0.15, 0.2) is 5.82 Å². The number of rotatable bonds is 7. The van der Waals surface area contributed by atoms with Gasteiger partial charge < -0.3 is 15.0 Å². The summed E-state index contributed by atoms with van der Waals surface area (Å²) in [5.41, 5.74) is -1.18. The van der Waals surface area contributed by atoms with Gasteiger partial charge in [-0.3, -0.25) is 9.52 Å². The maximum Gasteiger partial charge on any atom is 0.301 e. The Morgan fingerprint density at radius 1 is 1.21 bits per heavy atom. The molecule has 0 spiro atoms. The molecule has 0 unspecified atom stereocenters. The van der Waals surface area contributed by atoms with Gasteiger partial charge >= 0.3 is 10.2 Å². The van der Waals surface area contributed by atoms with Crippen LogP contribution in [0, 0.1) is 11.6 Å². The molecule has 3 heterocycles. The lowest BCUT2D eigenvalue weighted by molar-refractivity contribution is 0.0733. The Balaban J connectivity index is 1.74. The number of carbonyl (C=O) groups excluding carboxylic acids is 1. The van der Waals surface area contributed by atoms with E-state index in [2.05, 4.69) is 25.0 Å². The van der Waals surface area contributed by atoms with Crippen LogP contribution in [0.3, 0.4) is 0 Å². The largest absolute Gasteiger partial charge is 0.379 e. The van der Waals surface area contributed by atoms with Crippen molar-refractivity contribution in [1.82, 2.24) is 19.3 Å². The molecule has 4 rings (SSSR count). The molecule has 1 aliphatic rings. The van der Waals surface area contributed by atoms with E-state index in [0.717, 1.165) is 16.4 Å². The number of carbonyl (C=O) groups is 1. The Hall–Kier alpha value is -3.16. The van der Waals surface area contributed by atoms with Gasteiger partial charge in [0.05, 0.1) is 35.4 Å². The standard InChI is InChI=1S/C20H22F2N6O4S/c1-11(2)26-20-15-12(9-23-19(15)24-10-25-20)18(29)16-13(21)3-4-14(17(16)22)27-33(30,31)28-5-7-32-8-6-28/h3-4,9-11,27H,5-8H2,1-2H3,(H2,23,24,25,26). The van der Waals surface area contributed by atoms with Crippen molar-refractivity contribution in [1.29, 1.82) is 0 Å². The quantitative estimate of drug-likeness (QED) is 0.443. The summed E-state index contributed by atoms with van der Waals surface area (Å²) in [6.45, 7) is 4.31. The van der Waals surface area contributed by atoms with Crippen LogP contribution < -0.4 is 10.0 Å². The molecular formula is C20H22F2N6O4S. The summed E-state index contributed by atoms with van der Waals surface area (Å²) < 4.78 is 63.5. The van der Waals surface area contributed by atoms with Crippen LogP contribution in [0.2, 0.25) is 0 Å². The number of aromatic nitrogens is 3. The number of morpholine rings is 1. The first-order chi connectivity index (χ1) is 15.7. The molecule has 1 saturated heterocycles. The van der Waals surface area contributed by atoms with Crippen LogP contribution in [0.15, 0.2) is 24.7 Å². The molecule has 2 aromatic heterocycles. The first kappa shape index (κ1) is 23.0. The minimum absolute atomic E-state index is 0.0349. The molecule has 33 heavy (non-hydrogen) atoms. The third-order valence-corrected chi connectivity index (χ3v) is 6.53. The highest BCUT2D eigenvalue weighted by molar-refractivity contribution is 7.90. The summed E-state index contributed by atoms with van der Waals surface area (Å²) in [4.78, 5) is 24.2. The number of halogens is 2. The third kappa shape index (κ3) is 4.51. The summed E-state index contributed by atoms with van der Waals surface area (Å²) in [6, 6.07) is 1.74. The minimum atomic E-state index is -4.13. The molecule has 0 saturated carbocycles. The third-order valence-electron chi connectivity index (χ3n) is 5.01. The van der Waals surface area contributed by atoms with Gasteiger partial charge in [0.2, 0.25) is 5.78 Å². The first-order valence-corrected chi connectivity index (χ1v) is 11.6. The molecule has 0 radical (unpaired) electrons. The molecule has 1 aliphatic heterocycles. The number of ketones is 1. The van der Waals surface area contributed by atoms with Crippen molar-refractivity contribution in [3.05, 3.63) is 47.4 Å². The fraction of sp³-hybridized carbons (Fsp3) is 0.350. The summed E-state index contributed by atoms with van der Waals surface area (Å²) in [5, 5.41) is 3.34. The number of anilines is 2. The Bertz CT molecular complexity index is 1310. The number of H-pyrrole nitrogens is 1. The molecule has 1 aromatic carbocycles. The second kappa shape index (κ2) is 9.00. The van der Waals surface area contributed by atoms with Gasteiger partial charge in [0.1, 0.15) is 23.6 Å². The zero-order chi connectivity index (χ0) is 23.8. The summed E-state index contributed by atoms with van der Waals surface area (Å²) in [7, 11) is -4.13. The van der Waals surface area contributed by atoms with Gasteiger partial charge in [-0.1, -0.05) is 0 Å². The van der Waals surface area contributed by atoms with E-state index < -0.39 is 38.9 Å². The number of ether oxygens (including phenoxy) is 1. The minimum Gasteiger partial charge on any atom is -0.379 e. The topological polar surface area (TPSA) is 129 Å². The van der Waals surface area contributed by atoms with Crippen molar-refractivity contribution in [2.24, 2.45) is 0 Å². The van der Waals surface area contributed by atoms with Crippen molar-refractivity contribution < 1.29 is 26.7 Å². The number of hydrogen-bond acceptors (Lipinski definition) is 7. The zero-order valence-electron chi connectivity index (χ0n) is 17.9.